The average molecular weight is 382 g/mol. The molecular weight excluding hydrogens is 362 g/mol. The molecule has 0 aliphatic carbocycles. The van der Waals surface area contributed by atoms with Crippen LogP contribution in [0.3, 0.4) is 0 Å². The number of nitrogens with one attached hydrogen (secondary N) is 1. The second-order valence-electron chi connectivity index (χ2n) is 5.47. The van der Waals surface area contributed by atoms with Crippen LogP contribution in [0.4, 0.5) is 11.4 Å². The zero-order valence-corrected chi connectivity index (χ0v) is 16.2. The monoisotopic (exact) mass is 381 g/mol. The molecule has 0 radical (unpaired) electrons. The molecule has 6 heteroatoms. The Bertz CT molecular complexity index is 887. The van der Waals surface area contributed by atoms with Crippen molar-refractivity contribution in [1.29, 1.82) is 0 Å². The van der Waals surface area contributed by atoms with Crippen molar-refractivity contribution >= 4 is 41.0 Å². The molecule has 1 N–H and O–H groups in total. The molecule has 0 aliphatic heterocycles. The number of nitrogens with zero attached hydrogens (tertiary/aromatic N) is 2. The largest absolute Gasteiger partial charge is 0.322 e. The lowest BCUT2D eigenvalue weighted by Gasteiger charge is -2.18. The predicted octanol–water partition coefficient (Wildman–Crippen LogP) is 5.20. The van der Waals surface area contributed by atoms with E-state index >= 15 is 0 Å². The fourth-order valence-corrected chi connectivity index (χ4v) is 3.81. The number of amides is 1. The predicted molar refractivity (Wildman–Crippen MR) is 111 cm³/mol. The van der Waals surface area contributed by atoms with Crippen LogP contribution in [0.1, 0.15) is 10.4 Å². The molecular formula is C20H19N3OS2. The van der Waals surface area contributed by atoms with E-state index in [0.717, 1.165) is 21.3 Å². The summed E-state index contributed by atoms with van der Waals surface area (Å²) in [5.41, 5.74) is 2.46. The van der Waals surface area contributed by atoms with E-state index in [1.807, 2.05) is 55.8 Å². The molecule has 26 heavy (non-hydrogen) atoms. The van der Waals surface area contributed by atoms with Gasteiger partial charge in [-0.1, -0.05) is 24.3 Å². The van der Waals surface area contributed by atoms with Gasteiger partial charge in [-0.25, -0.2) is 4.98 Å². The lowest BCUT2D eigenvalue weighted by molar-refractivity contribution is 0.102. The molecule has 0 aliphatic rings. The minimum absolute atomic E-state index is 0.152. The fourth-order valence-electron chi connectivity index (χ4n) is 2.40. The van der Waals surface area contributed by atoms with Gasteiger partial charge in [0.15, 0.2) is 0 Å². The summed E-state index contributed by atoms with van der Waals surface area (Å²) in [6.07, 6.45) is 3.61. The van der Waals surface area contributed by atoms with Gasteiger partial charge in [0, 0.05) is 29.5 Å². The number of carbonyl (C=O) groups is 1. The van der Waals surface area contributed by atoms with Gasteiger partial charge in [-0.15, -0.1) is 11.8 Å². The van der Waals surface area contributed by atoms with Crippen LogP contribution in [0.25, 0.3) is 0 Å². The van der Waals surface area contributed by atoms with Crippen LogP contribution in [-0.4, -0.2) is 24.2 Å². The van der Waals surface area contributed by atoms with Gasteiger partial charge >= 0.3 is 0 Å². The smallest absolute Gasteiger partial charge is 0.258 e. The van der Waals surface area contributed by atoms with Crippen molar-refractivity contribution < 1.29 is 4.79 Å². The van der Waals surface area contributed by atoms with E-state index in [1.165, 1.54) is 11.8 Å². The standard InChI is InChI=1S/C20H19N3OS2/c1-23(16-9-4-3-5-10-16)26-17-11-6-8-15(14-17)22-19(24)18-12-7-13-21-20(18)25-2/h3-14H,1-2H3,(H,22,24). The summed E-state index contributed by atoms with van der Waals surface area (Å²) in [7, 11) is 2.02. The van der Waals surface area contributed by atoms with Gasteiger partial charge in [0.05, 0.1) is 5.56 Å². The van der Waals surface area contributed by atoms with Gasteiger partial charge in [-0.05, 0) is 60.7 Å². The first-order chi connectivity index (χ1) is 12.7. The highest BCUT2D eigenvalue weighted by atomic mass is 32.2. The van der Waals surface area contributed by atoms with Gasteiger partial charge in [-0.3, -0.25) is 4.79 Å². The molecule has 0 fully saturated rings. The van der Waals surface area contributed by atoms with E-state index in [-0.39, 0.29) is 5.91 Å². The van der Waals surface area contributed by atoms with E-state index < -0.39 is 0 Å². The highest BCUT2D eigenvalue weighted by Gasteiger charge is 2.12. The maximum atomic E-state index is 12.6. The highest BCUT2D eigenvalue weighted by molar-refractivity contribution is 8.00. The molecule has 0 bridgehead atoms. The van der Waals surface area contributed by atoms with Crippen molar-refractivity contribution in [1.82, 2.24) is 4.98 Å². The summed E-state index contributed by atoms with van der Waals surface area (Å²) in [5.74, 6) is -0.152. The van der Waals surface area contributed by atoms with Crippen molar-refractivity contribution in [3.63, 3.8) is 0 Å². The number of aromatic nitrogens is 1. The average Bonchev–Trinajstić information content (AvgIpc) is 2.69. The van der Waals surface area contributed by atoms with Crippen LogP contribution < -0.4 is 9.62 Å². The highest BCUT2D eigenvalue weighted by Crippen LogP contribution is 2.29. The van der Waals surface area contributed by atoms with Gasteiger partial charge in [0.1, 0.15) is 5.03 Å². The van der Waals surface area contributed by atoms with Crippen LogP contribution >= 0.6 is 23.7 Å². The zero-order valence-electron chi connectivity index (χ0n) is 14.5. The Kier molecular flexibility index (Phi) is 6.20. The van der Waals surface area contributed by atoms with Crippen LogP contribution in [0, 0.1) is 0 Å². The SMILES string of the molecule is CSc1ncccc1C(=O)Nc1cccc(SN(C)c2ccccc2)c1. The molecule has 0 spiro atoms. The lowest BCUT2D eigenvalue weighted by atomic mass is 10.2. The molecule has 0 atom stereocenters. The Morgan fingerprint density at radius 1 is 1.04 bits per heavy atom. The van der Waals surface area contributed by atoms with Crippen molar-refractivity contribution in [3.8, 4) is 0 Å². The molecule has 1 aromatic heterocycles. The summed E-state index contributed by atoms with van der Waals surface area (Å²) in [6, 6.07) is 21.5. The van der Waals surface area contributed by atoms with Crippen molar-refractivity contribution in [2.75, 3.05) is 22.9 Å². The molecule has 1 heterocycles. The van der Waals surface area contributed by atoms with Crippen LogP contribution in [0.5, 0.6) is 0 Å². The molecule has 3 rings (SSSR count). The third-order valence-electron chi connectivity index (χ3n) is 3.66. The minimum atomic E-state index is -0.152. The first kappa shape index (κ1) is 18.4. The lowest BCUT2D eigenvalue weighted by Crippen LogP contribution is -2.13. The molecule has 0 unspecified atom stereocenters. The van der Waals surface area contributed by atoms with E-state index in [9.17, 15) is 4.79 Å². The summed E-state index contributed by atoms with van der Waals surface area (Å²) in [5, 5.41) is 3.68. The number of benzene rings is 2. The molecule has 4 nitrogen and oxygen atoms in total. The van der Waals surface area contributed by atoms with Gasteiger partial charge < -0.3 is 9.62 Å². The molecule has 0 saturated carbocycles. The van der Waals surface area contributed by atoms with Gasteiger partial charge in [0.2, 0.25) is 0 Å². The third-order valence-corrected chi connectivity index (χ3v) is 5.32. The van der Waals surface area contributed by atoms with Crippen molar-refractivity contribution in [3.05, 3.63) is 78.5 Å². The number of para-hydroxylation sites is 1. The number of carbonyl (C=O) groups excluding carboxylic acids is 1. The molecule has 132 valence electrons. The first-order valence-electron chi connectivity index (χ1n) is 8.04. The number of hydrogen-bond donors (Lipinski definition) is 1. The fraction of sp³-hybridized carbons (Fsp3) is 0.100. The molecule has 3 aromatic rings. The normalized spacial score (nSPS) is 10.4. The molecule has 0 saturated heterocycles. The maximum Gasteiger partial charge on any atom is 0.258 e. The molecule has 1 amide bonds. The number of hydrogen-bond acceptors (Lipinski definition) is 5. The maximum absolute atomic E-state index is 12.6. The zero-order chi connectivity index (χ0) is 18.4. The number of thioether (sulfide) groups is 1. The second kappa shape index (κ2) is 8.78. The second-order valence-corrected chi connectivity index (χ2v) is 7.46. The Labute approximate surface area is 162 Å². The van der Waals surface area contributed by atoms with E-state index in [4.69, 9.17) is 0 Å². The summed E-state index contributed by atoms with van der Waals surface area (Å²) >= 11 is 3.07. The summed E-state index contributed by atoms with van der Waals surface area (Å²) in [4.78, 5) is 17.9. The Morgan fingerprint density at radius 2 is 1.85 bits per heavy atom. The van der Waals surface area contributed by atoms with Crippen molar-refractivity contribution in [2.45, 2.75) is 9.92 Å². The topological polar surface area (TPSA) is 45.2 Å². The Balaban J connectivity index is 1.72. The van der Waals surface area contributed by atoms with Crippen LogP contribution in [0.15, 0.2) is 82.8 Å². The first-order valence-corrected chi connectivity index (χ1v) is 10.0. The van der Waals surface area contributed by atoms with E-state index in [1.54, 1.807) is 30.3 Å². The number of pyridine rings is 1. The third kappa shape index (κ3) is 4.59. The summed E-state index contributed by atoms with van der Waals surface area (Å²) in [6.45, 7) is 0. The number of anilines is 2. The quantitative estimate of drug-likeness (QED) is 0.470. The van der Waals surface area contributed by atoms with Gasteiger partial charge in [-0.2, -0.15) is 0 Å². The van der Waals surface area contributed by atoms with Gasteiger partial charge in [0.25, 0.3) is 5.91 Å². The van der Waals surface area contributed by atoms with E-state index in [0.29, 0.717) is 5.56 Å². The Morgan fingerprint density at radius 3 is 2.62 bits per heavy atom. The Hall–Kier alpha value is -2.44. The molecule has 2 aromatic carbocycles. The van der Waals surface area contributed by atoms with E-state index in [2.05, 4.69) is 26.7 Å². The minimum Gasteiger partial charge on any atom is -0.322 e. The number of rotatable bonds is 6. The summed E-state index contributed by atoms with van der Waals surface area (Å²) < 4.78 is 2.09. The van der Waals surface area contributed by atoms with Crippen LogP contribution in [-0.2, 0) is 0 Å². The van der Waals surface area contributed by atoms with Crippen LogP contribution in [0.2, 0.25) is 0 Å². The van der Waals surface area contributed by atoms with Crippen molar-refractivity contribution in [2.24, 2.45) is 0 Å².